The van der Waals surface area contributed by atoms with Crippen LogP contribution >= 0.6 is 0 Å². The summed E-state index contributed by atoms with van der Waals surface area (Å²) < 4.78 is 0. The molecule has 1 amide bonds. The molecule has 0 unspecified atom stereocenters. The summed E-state index contributed by atoms with van der Waals surface area (Å²) in [7, 11) is 0. The quantitative estimate of drug-likeness (QED) is 0.608. The van der Waals surface area contributed by atoms with Crippen LogP contribution in [-0.2, 0) is 0 Å². The van der Waals surface area contributed by atoms with Crippen molar-refractivity contribution >= 4 is 5.91 Å². The van der Waals surface area contributed by atoms with E-state index in [0.29, 0.717) is 6.54 Å². The Labute approximate surface area is 97.1 Å². The van der Waals surface area contributed by atoms with Crippen molar-refractivity contribution in [2.75, 3.05) is 19.7 Å². The van der Waals surface area contributed by atoms with Crippen molar-refractivity contribution in [2.45, 2.75) is 13.3 Å². The lowest BCUT2D eigenvalue weighted by Crippen LogP contribution is -2.37. The first-order chi connectivity index (χ1) is 8.08. The lowest BCUT2D eigenvalue weighted by atomic mass is 10.3. The molecule has 0 aromatic carbocycles. The standard InChI is InChI=1S/C10H15N3O4/c1-2-3-13(4-5-14)9(16)7-6-8(15)12-10(17)11-7/h6,14H,2-5H2,1H3,(H2,11,12,15,17). The van der Waals surface area contributed by atoms with Crippen molar-refractivity contribution in [1.29, 1.82) is 0 Å². The molecule has 0 aliphatic carbocycles. The summed E-state index contributed by atoms with van der Waals surface area (Å²) >= 11 is 0. The van der Waals surface area contributed by atoms with E-state index >= 15 is 0 Å². The smallest absolute Gasteiger partial charge is 0.326 e. The Morgan fingerprint density at radius 1 is 1.35 bits per heavy atom. The number of aliphatic hydroxyl groups is 1. The number of rotatable bonds is 5. The van der Waals surface area contributed by atoms with E-state index in [4.69, 9.17) is 5.11 Å². The highest BCUT2D eigenvalue weighted by atomic mass is 16.3. The van der Waals surface area contributed by atoms with Gasteiger partial charge in [-0.2, -0.15) is 0 Å². The van der Waals surface area contributed by atoms with Crippen molar-refractivity contribution in [3.8, 4) is 0 Å². The van der Waals surface area contributed by atoms with E-state index in [9.17, 15) is 14.4 Å². The molecular weight excluding hydrogens is 226 g/mol. The molecule has 0 bridgehead atoms. The number of aromatic amines is 2. The maximum atomic E-state index is 11.9. The van der Waals surface area contributed by atoms with Gasteiger partial charge in [0.05, 0.1) is 6.61 Å². The number of carbonyl (C=O) groups excluding carboxylic acids is 1. The minimum atomic E-state index is -0.721. The van der Waals surface area contributed by atoms with Gasteiger partial charge in [-0.15, -0.1) is 0 Å². The predicted octanol–water partition coefficient (Wildman–Crippen LogP) is -1.09. The highest BCUT2D eigenvalue weighted by Crippen LogP contribution is 1.99. The van der Waals surface area contributed by atoms with E-state index in [0.717, 1.165) is 12.5 Å². The fourth-order valence-corrected chi connectivity index (χ4v) is 1.46. The van der Waals surface area contributed by atoms with E-state index in [1.165, 1.54) is 4.90 Å². The minimum absolute atomic E-state index is 0.0688. The maximum Gasteiger partial charge on any atom is 0.326 e. The summed E-state index contributed by atoms with van der Waals surface area (Å²) in [5.41, 5.74) is -1.42. The third kappa shape index (κ3) is 3.56. The molecule has 0 fully saturated rings. The molecule has 0 radical (unpaired) electrons. The zero-order valence-electron chi connectivity index (χ0n) is 9.52. The number of carbonyl (C=O) groups is 1. The number of nitrogens with zero attached hydrogens (tertiary/aromatic N) is 1. The molecule has 7 nitrogen and oxygen atoms in total. The summed E-state index contributed by atoms with van der Waals surface area (Å²) in [5, 5.41) is 8.83. The molecule has 1 heterocycles. The van der Waals surface area contributed by atoms with E-state index < -0.39 is 17.2 Å². The van der Waals surface area contributed by atoms with Gasteiger partial charge in [0, 0.05) is 19.2 Å². The maximum absolute atomic E-state index is 11.9. The van der Waals surface area contributed by atoms with E-state index in [1.807, 2.05) is 11.9 Å². The first-order valence-corrected chi connectivity index (χ1v) is 5.32. The van der Waals surface area contributed by atoms with E-state index in [-0.39, 0.29) is 18.8 Å². The summed E-state index contributed by atoms with van der Waals surface area (Å²) in [5.74, 6) is -0.468. The summed E-state index contributed by atoms with van der Waals surface area (Å²) in [6.45, 7) is 2.34. The third-order valence-electron chi connectivity index (χ3n) is 2.14. The Balaban J connectivity index is 3.00. The van der Waals surface area contributed by atoms with Crippen LogP contribution in [0, 0.1) is 0 Å². The van der Waals surface area contributed by atoms with Gasteiger partial charge < -0.3 is 15.0 Å². The van der Waals surface area contributed by atoms with Gasteiger partial charge >= 0.3 is 5.69 Å². The average Bonchev–Trinajstić information content (AvgIpc) is 2.26. The average molecular weight is 241 g/mol. The Morgan fingerprint density at radius 2 is 2.06 bits per heavy atom. The third-order valence-corrected chi connectivity index (χ3v) is 2.14. The van der Waals surface area contributed by atoms with Gasteiger partial charge in [0.25, 0.3) is 11.5 Å². The molecule has 0 spiro atoms. The second-order valence-corrected chi connectivity index (χ2v) is 3.52. The largest absolute Gasteiger partial charge is 0.395 e. The first kappa shape index (κ1) is 13.2. The van der Waals surface area contributed by atoms with E-state index in [2.05, 4.69) is 4.98 Å². The molecule has 0 aliphatic rings. The molecule has 0 atom stereocenters. The summed E-state index contributed by atoms with van der Waals surface area (Å²) in [4.78, 5) is 39.6. The molecule has 1 rings (SSSR count). The number of aromatic nitrogens is 2. The molecule has 1 aromatic rings. The molecule has 0 aliphatic heterocycles. The number of nitrogens with one attached hydrogen (secondary N) is 2. The van der Waals surface area contributed by atoms with Crippen LogP contribution in [0.2, 0.25) is 0 Å². The molecule has 0 saturated carbocycles. The Kier molecular flexibility index (Phi) is 4.65. The Hall–Kier alpha value is -1.89. The molecule has 94 valence electrons. The SMILES string of the molecule is CCCN(CCO)C(=O)c1cc(=O)[nH]c(=O)[nH]1. The van der Waals surface area contributed by atoms with Gasteiger partial charge in [-0.1, -0.05) is 6.92 Å². The van der Waals surface area contributed by atoms with E-state index in [1.54, 1.807) is 0 Å². The highest BCUT2D eigenvalue weighted by molar-refractivity contribution is 5.92. The number of aliphatic hydroxyl groups excluding tert-OH is 1. The number of hydrogen-bond acceptors (Lipinski definition) is 4. The zero-order chi connectivity index (χ0) is 12.8. The normalized spacial score (nSPS) is 10.2. The highest BCUT2D eigenvalue weighted by Gasteiger charge is 2.15. The monoisotopic (exact) mass is 241 g/mol. The van der Waals surface area contributed by atoms with Gasteiger partial charge in [-0.25, -0.2) is 4.79 Å². The molecule has 0 saturated heterocycles. The van der Waals surface area contributed by atoms with Gasteiger partial charge in [0.1, 0.15) is 5.69 Å². The number of hydrogen-bond donors (Lipinski definition) is 3. The fraction of sp³-hybridized carbons (Fsp3) is 0.500. The van der Waals surface area contributed by atoms with Crippen LogP contribution in [0.15, 0.2) is 15.7 Å². The second kappa shape index (κ2) is 6.00. The van der Waals surface area contributed by atoms with Crippen molar-refractivity contribution in [3.63, 3.8) is 0 Å². The van der Waals surface area contributed by atoms with Crippen LogP contribution in [0.3, 0.4) is 0 Å². The Morgan fingerprint density at radius 3 is 2.59 bits per heavy atom. The molecule has 1 aromatic heterocycles. The van der Waals surface area contributed by atoms with Crippen LogP contribution in [0.1, 0.15) is 23.8 Å². The van der Waals surface area contributed by atoms with Crippen molar-refractivity contribution < 1.29 is 9.90 Å². The molecular formula is C10H15N3O4. The van der Waals surface area contributed by atoms with Crippen molar-refractivity contribution in [2.24, 2.45) is 0 Å². The van der Waals surface area contributed by atoms with Gasteiger partial charge in [0.15, 0.2) is 0 Å². The van der Waals surface area contributed by atoms with Gasteiger partial charge in [-0.3, -0.25) is 14.6 Å². The van der Waals surface area contributed by atoms with Crippen LogP contribution in [0.25, 0.3) is 0 Å². The molecule has 17 heavy (non-hydrogen) atoms. The van der Waals surface area contributed by atoms with Crippen LogP contribution in [-0.4, -0.2) is 45.6 Å². The number of H-pyrrole nitrogens is 2. The lowest BCUT2D eigenvalue weighted by Gasteiger charge is -2.20. The van der Waals surface area contributed by atoms with Crippen LogP contribution < -0.4 is 11.2 Å². The fourth-order valence-electron chi connectivity index (χ4n) is 1.46. The zero-order valence-corrected chi connectivity index (χ0v) is 9.52. The summed E-state index contributed by atoms with van der Waals surface area (Å²) in [6.07, 6.45) is 0.721. The van der Waals surface area contributed by atoms with Crippen molar-refractivity contribution in [1.82, 2.24) is 14.9 Å². The predicted molar refractivity (Wildman–Crippen MR) is 61.0 cm³/mol. The van der Waals surface area contributed by atoms with Crippen molar-refractivity contribution in [3.05, 3.63) is 32.6 Å². The Bertz CT molecular complexity index is 457. The summed E-state index contributed by atoms with van der Waals surface area (Å²) in [6, 6.07) is 1.03. The molecule has 3 N–H and O–H groups in total. The second-order valence-electron chi connectivity index (χ2n) is 3.52. The van der Waals surface area contributed by atoms with Gasteiger partial charge in [-0.05, 0) is 6.42 Å². The minimum Gasteiger partial charge on any atom is -0.395 e. The van der Waals surface area contributed by atoms with Gasteiger partial charge in [0.2, 0.25) is 0 Å². The topological polar surface area (TPSA) is 106 Å². The lowest BCUT2D eigenvalue weighted by molar-refractivity contribution is 0.0715. The first-order valence-electron chi connectivity index (χ1n) is 5.32. The molecule has 7 heteroatoms. The van der Waals surface area contributed by atoms with Crippen LogP contribution in [0.5, 0.6) is 0 Å². The number of amides is 1. The van der Waals surface area contributed by atoms with Crippen LogP contribution in [0.4, 0.5) is 0 Å².